The summed E-state index contributed by atoms with van der Waals surface area (Å²) in [5, 5.41) is 15.8. The average Bonchev–Trinajstić information content (AvgIpc) is 2.65. The van der Waals surface area contributed by atoms with E-state index in [2.05, 4.69) is 22.0 Å². The van der Waals surface area contributed by atoms with Crippen LogP contribution in [-0.2, 0) is 0 Å². The van der Waals surface area contributed by atoms with E-state index < -0.39 is 0 Å². The van der Waals surface area contributed by atoms with Gasteiger partial charge in [-0.15, -0.1) is 5.10 Å². The Hall–Kier alpha value is -1.65. The molecule has 0 aliphatic carbocycles. The Morgan fingerprint density at radius 2 is 2.32 bits per heavy atom. The quantitative estimate of drug-likeness (QED) is 0.643. The molecule has 0 aromatic carbocycles. The number of hydrogen-bond donors (Lipinski definition) is 2. The first-order valence-electron chi connectivity index (χ1n) is 7.13. The van der Waals surface area contributed by atoms with Crippen molar-refractivity contribution in [1.82, 2.24) is 10.2 Å². The molecule has 19 heavy (non-hydrogen) atoms. The van der Waals surface area contributed by atoms with E-state index in [1.807, 2.05) is 0 Å². The van der Waals surface area contributed by atoms with Crippen molar-refractivity contribution in [3.05, 3.63) is 17.8 Å². The zero-order valence-corrected chi connectivity index (χ0v) is 11.6. The molecule has 1 unspecified atom stereocenters. The summed E-state index contributed by atoms with van der Waals surface area (Å²) in [6, 6.07) is 1.78. The van der Waals surface area contributed by atoms with Crippen molar-refractivity contribution in [2.24, 2.45) is 11.7 Å². The highest BCUT2D eigenvalue weighted by Gasteiger charge is 2.20. The topological polar surface area (TPSA) is 78.9 Å². The van der Waals surface area contributed by atoms with Gasteiger partial charge in [-0.2, -0.15) is 5.10 Å². The standard InChI is InChI=1S/C14H23N5/c1-2-4-11-5-3-9-19(10-7-11)14-12(13(15)16)6-8-17-18-14/h6,8,11H,2-5,7,9-10H2,1H3,(H3,15,16). The maximum atomic E-state index is 7.64. The fourth-order valence-electron chi connectivity index (χ4n) is 2.84. The fourth-order valence-corrected chi connectivity index (χ4v) is 2.84. The molecule has 1 fully saturated rings. The average molecular weight is 261 g/mol. The van der Waals surface area contributed by atoms with Crippen LogP contribution in [0.25, 0.3) is 0 Å². The van der Waals surface area contributed by atoms with Crippen LogP contribution in [-0.4, -0.2) is 29.1 Å². The normalized spacial score (nSPS) is 20.1. The van der Waals surface area contributed by atoms with Gasteiger partial charge in [0.1, 0.15) is 5.84 Å². The summed E-state index contributed by atoms with van der Waals surface area (Å²) < 4.78 is 0. The fraction of sp³-hybridized carbons (Fsp3) is 0.643. The van der Waals surface area contributed by atoms with E-state index >= 15 is 0 Å². The predicted molar refractivity (Wildman–Crippen MR) is 77.5 cm³/mol. The van der Waals surface area contributed by atoms with Crippen molar-refractivity contribution in [3.8, 4) is 0 Å². The predicted octanol–water partition coefficient (Wildman–Crippen LogP) is 2.17. The highest BCUT2D eigenvalue weighted by atomic mass is 15.3. The molecule has 5 heteroatoms. The highest BCUT2D eigenvalue weighted by Crippen LogP contribution is 2.25. The smallest absolute Gasteiger partial charge is 0.162 e. The molecule has 0 bridgehead atoms. The minimum absolute atomic E-state index is 0.0688. The Balaban J connectivity index is 2.12. The van der Waals surface area contributed by atoms with Crippen LogP contribution >= 0.6 is 0 Å². The van der Waals surface area contributed by atoms with Crippen LogP contribution < -0.4 is 10.6 Å². The van der Waals surface area contributed by atoms with Gasteiger partial charge >= 0.3 is 0 Å². The van der Waals surface area contributed by atoms with Crippen molar-refractivity contribution in [2.75, 3.05) is 18.0 Å². The van der Waals surface area contributed by atoms with Crippen molar-refractivity contribution in [1.29, 1.82) is 5.41 Å². The van der Waals surface area contributed by atoms with Crippen LogP contribution in [0.15, 0.2) is 12.3 Å². The minimum Gasteiger partial charge on any atom is -0.384 e. The SMILES string of the molecule is CCCC1CCCN(c2nnccc2C(=N)N)CC1. The van der Waals surface area contributed by atoms with Crippen LogP contribution in [0, 0.1) is 11.3 Å². The molecule has 2 rings (SSSR count). The second-order valence-electron chi connectivity index (χ2n) is 5.25. The van der Waals surface area contributed by atoms with Gasteiger partial charge in [0.25, 0.3) is 0 Å². The molecule has 1 atom stereocenters. The van der Waals surface area contributed by atoms with Crippen molar-refractivity contribution in [3.63, 3.8) is 0 Å². The Bertz CT molecular complexity index is 432. The molecule has 2 heterocycles. The van der Waals surface area contributed by atoms with E-state index in [9.17, 15) is 0 Å². The third-order valence-corrected chi connectivity index (χ3v) is 3.84. The van der Waals surface area contributed by atoms with Crippen LogP contribution in [0.3, 0.4) is 0 Å². The molecule has 1 aromatic heterocycles. The minimum atomic E-state index is 0.0688. The maximum absolute atomic E-state index is 7.64. The molecule has 0 spiro atoms. The largest absolute Gasteiger partial charge is 0.384 e. The first-order chi connectivity index (χ1) is 9.22. The monoisotopic (exact) mass is 261 g/mol. The molecular weight excluding hydrogens is 238 g/mol. The number of nitrogens with one attached hydrogen (secondary N) is 1. The van der Waals surface area contributed by atoms with Crippen molar-refractivity contribution < 1.29 is 0 Å². The van der Waals surface area contributed by atoms with Gasteiger partial charge in [0.05, 0.1) is 11.8 Å². The first-order valence-corrected chi connectivity index (χ1v) is 7.13. The summed E-state index contributed by atoms with van der Waals surface area (Å²) in [7, 11) is 0. The lowest BCUT2D eigenvalue weighted by Gasteiger charge is -2.23. The van der Waals surface area contributed by atoms with Gasteiger partial charge in [-0.1, -0.05) is 19.8 Å². The Morgan fingerprint density at radius 3 is 3.05 bits per heavy atom. The molecule has 0 radical (unpaired) electrons. The summed E-state index contributed by atoms with van der Waals surface area (Å²) in [6.07, 6.45) is 7.83. The molecule has 104 valence electrons. The molecular formula is C14H23N5. The lowest BCUT2D eigenvalue weighted by Crippen LogP contribution is -2.29. The van der Waals surface area contributed by atoms with Crippen LogP contribution in [0.5, 0.6) is 0 Å². The van der Waals surface area contributed by atoms with E-state index in [1.54, 1.807) is 12.3 Å². The number of amidine groups is 1. The third kappa shape index (κ3) is 3.43. The number of rotatable bonds is 4. The Kier molecular flexibility index (Phi) is 4.71. The number of nitrogens with zero attached hydrogens (tertiary/aromatic N) is 3. The van der Waals surface area contributed by atoms with Gasteiger partial charge in [-0.05, 0) is 31.2 Å². The Labute approximate surface area is 114 Å². The number of nitrogen functional groups attached to an aromatic ring is 1. The van der Waals surface area contributed by atoms with Crippen LogP contribution in [0.4, 0.5) is 5.82 Å². The molecule has 5 nitrogen and oxygen atoms in total. The third-order valence-electron chi connectivity index (χ3n) is 3.84. The molecule has 0 amide bonds. The summed E-state index contributed by atoms with van der Waals surface area (Å²) in [5.41, 5.74) is 6.32. The highest BCUT2D eigenvalue weighted by molar-refractivity contribution is 5.99. The molecule has 0 saturated carbocycles. The van der Waals surface area contributed by atoms with Gasteiger partial charge < -0.3 is 10.6 Å². The van der Waals surface area contributed by atoms with Crippen molar-refractivity contribution in [2.45, 2.75) is 39.0 Å². The van der Waals surface area contributed by atoms with E-state index in [0.717, 1.165) is 24.8 Å². The number of nitrogens with two attached hydrogens (primary N) is 1. The zero-order valence-electron chi connectivity index (χ0n) is 11.6. The molecule has 1 saturated heterocycles. The number of aromatic nitrogens is 2. The van der Waals surface area contributed by atoms with Crippen LogP contribution in [0.1, 0.15) is 44.6 Å². The number of anilines is 1. The van der Waals surface area contributed by atoms with E-state index in [4.69, 9.17) is 11.1 Å². The maximum Gasteiger partial charge on any atom is 0.162 e. The second kappa shape index (κ2) is 6.50. The van der Waals surface area contributed by atoms with Gasteiger partial charge in [0.15, 0.2) is 5.82 Å². The summed E-state index contributed by atoms with van der Waals surface area (Å²) in [6.45, 7) is 4.22. The lowest BCUT2D eigenvalue weighted by molar-refractivity contribution is 0.435. The second-order valence-corrected chi connectivity index (χ2v) is 5.25. The molecule has 1 aliphatic heterocycles. The van der Waals surface area contributed by atoms with E-state index in [-0.39, 0.29) is 5.84 Å². The van der Waals surface area contributed by atoms with Gasteiger partial charge in [-0.25, -0.2) is 0 Å². The molecule has 3 N–H and O–H groups in total. The van der Waals surface area contributed by atoms with Gasteiger partial charge in [0.2, 0.25) is 0 Å². The summed E-state index contributed by atoms with van der Waals surface area (Å²) >= 11 is 0. The molecule has 1 aromatic rings. The number of hydrogen-bond acceptors (Lipinski definition) is 4. The summed E-state index contributed by atoms with van der Waals surface area (Å²) in [5.74, 6) is 1.67. The molecule has 1 aliphatic rings. The lowest BCUT2D eigenvalue weighted by atomic mass is 9.96. The van der Waals surface area contributed by atoms with E-state index in [0.29, 0.717) is 5.56 Å². The van der Waals surface area contributed by atoms with Crippen LogP contribution in [0.2, 0.25) is 0 Å². The summed E-state index contributed by atoms with van der Waals surface area (Å²) in [4.78, 5) is 2.24. The zero-order chi connectivity index (χ0) is 13.7. The van der Waals surface area contributed by atoms with Gasteiger partial charge in [-0.3, -0.25) is 5.41 Å². The Morgan fingerprint density at radius 1 is 1.47 bits per heavy atom. The first kappa shape index (κ1) is 13.8. The van der Waals surface area contributed by atoms with Crippen molar-refractivity contribution >= 4 is 11.7 Å². The van der Waals surface area contributed by atoms with Gasteiger partial charge in [0, 0.05) is 13.1 Å². The van der Waals surface area contributed by atoms with E-state index in [1.165, 1.54) is 32.1 Å².